The average Bonchev–Trinajstić information content (AvgIpc) is 2.82. The van der Waals surface area contributed by atoms with Gasteiger partial charge >= 0.3 is 5.97 Å². The fourth-order valence-electron chi connectivity index (χ4n) is 2.45. The van der Waals surface area contributed by atoms with Crippen molar-refractivity contribution in [1.29, 1.82) is 0 Å². The molecular weight excluding hydrogens is 278 g/mol. The van der Waals surface area contributed by atoms with Crippen LogP contribution in [0.4, 0.5) is 5.69 Å². The lowest BCUT2D eigenvalue weighted by molar-refractivity contribution is -0.131. The van der Waals surface area contributed by atoms with Crippen LogP contribution in [0.2, 0.25) is 5.02 Å². The lowest BCUT2D eigenvalue weighted by Gasteiger charge is -2.29. The highest BCUT2D eigenvalue weighted by Crippen LogP contribution is 2.28. The predicted octanol–water partition coefficient (Wildman–Crippen LogP) is 3.05. The van der Waals surface area contributed by atoms with E-state index in [2.05, 4.69) is 11.8 Å². The maximum atomic E-state index is 10.5. The van der Waals surface area contributed by atoms with Crippen molar-refractivity contribution in [3.63, 3.8) is 0 Å². The van der Waals surface area contributed by atoms with Crippen molar-refractivity contribution in [1.82, 2.24) is 0 Å². The fraction of sp³-hybridized carbons (Fsp3) is 0.400. The number of carboxylic acids is 1. The molecule has 2 atom stereocenters. The standard InChI is InChI=1S/C15H18ClNO3/c1-10-14(7-8-20-10)17(2)12-5-3-11(13(16)9-12)4-6-15(18)19/h3-6,9-10,14H,7-8H2,1-2H3,(H,18,19)/b6-4+. The predicted molar refractivity (Wildman–Crippen MR) is 80.3 cm³/mol. The van der Waals surface area contributed by atoms with Crippen LogP contribution in [0.25, 0.3) is 6.08 Å². The fourth-order valence-corrected chi connectivity index (χ4v) is 2.69. The van der Waals surface area contributed by atoms with Crippen molar-refractivity contribution in [2.75, 3.05) is 18.6 Å². The molecule has 0 saturated carbocycles. The monoisotopic (exact) mass is 295 g/mol. The Morgan fingerprint density at radius 2 is 2.30 bits per heavy atom. The third kappa shape index (κ3) is 3.32. The Balaban J connectivity index is 2.18. The summed E-state index contributed by atoms with van der Waals surface area (Å²) in [6.45, 7) is 2.85. The molecule has 0 aromatic heterocycles. The minimum Gasteiger partial charge on any atom is -0.478 e. The van der Waals surface area contributed by atoms with Gasteiger partial charge in [0.25, 0.3) is 0 Å². The van der Waals surface area contributed by atoms with E-state index >= 15 is 0 Å². The van der Waals surface area contributed by atoms with E-state index in [0.29, 0.717) is 16.6 Å². The van der Waals surface area contributed by atoms with Gasteiger partial charge in [0.05, 0.1) is 12.1 Å². The van der Waals surface area contributed by atoms with E-state index in [-0.39, 0.29) is 6.10 Å². The van der Waals surface area contributed by atoms with Gasteiger partial charge in [-0.2, -0.15) is 0 Å². The Bertz CT molecular complexity index is 530. The highest BCUT2D eigenvalue weighted by Gasteiger charge is 2.28. The summed E-state index contributed by atoms with van der Waals surface area (Å²) in [4.78, 5) is 12.7. The number of halogens is 1. The number of anilines is 1. The van der Waals surface area contributed by atoms with Crippen molar-refractivity contribution >= 4 is 29.3 Å². The molecule has 1 saturated heterocycles. The largest absolute Gasteiger partial charge is 0.478 e. The van der Waals surface area contributed by atoms with E-state index in [0.717, 1.165) is 24.8 Å². The maximum Gasteiger partial charge on any atom is 0.328 e. The number of nitrogens with zero attached hydrogens (tertiary/aromatic N) is 1. The minimum atomic E-state index is -0.987. The van der Waals surface area contributed by atoms with E-state index in [1.165, 1.54) is 6.08 Å². The van der Waals surface area contributed by atoms with Crippen LogP contribution in [0.5, 0.6) is 0 Å². The van der Waals surface area contributed by atoms with Crippen LogP contribution >= 0.6 is 11.6 Å². The zero-order chi connectivity index (χ0) is 14.7. The highest BCUT2D eigenvalue weighted by molar-refractivity contribution is 6.32. The molecule has 1 heterocycles. The normalized spacial score (nSPS) is 22.4. The third-order valence-electron chi connectivity index (χ3n) is 3.63. The summed E-state index contributed by atoms with van der Waals surface area (Å²) in [6, 6.07) is 5.96. The van der Waals surface area contributed by atoms with Gasteiger partial charge in [0.1, 0.15) is 0 Å². The summed E-state index contributed by atoms with van der Waals surface area (Å²) in [5.41, 5.74) is 1.70. The third-order valence-corrected chi connectivity index (χ3v) is 3.96. The molecule has 1 N–H and O–H groups in total. The quantitative estimate of drug-likeness (QED) is 0.868. The van der Waals surface area contributed by atoms with Gasteiger partial charge in [-0.1, -0.05) is 17.7 Å². The first-order chi connectivity index (χ1) is 9.49. The molecule has 1 aliphatic heterocycles. The van der Waals surface area contributed by atoms with Gasteiger partial charge in [-0.05, 0) is 37.1 Å². The molecule has 1 aromatic carbocycles. The molecule has 1 aliphatic rings. The number of carbonyl (C=O) groups is 1. The van der Waals surface area contributed by atoms with Crippen LogP contribution in [-0.2, 0) is 9.53 Å². The topological polar surface area (TPSA) is 49.8 Å². The molecule has 0 amide bonds. The highest BCUT2D eigenvalue weighted by atomic mass is 35.5. The van der Waals surface area contributed by atoms with E-state index in [1.807, 2.05) is 25.2 Å². The zero-order valence-corrected chi connectivity index (χ0v) is 12.3. The van der Waals surface area contributed by atoms with Gasteiger partial charge in [0, 0.05) is 30.4 Å². The number of likely N-dealkylation sites (N-methyl/N-ethyl adjacent to an activating group) is 1. The number of aliphatic carboxylic acids is 1. The number of carboxylic acid groups (broad SMARTS) is 1. The number of benzene rings is 1. The Labute approximate surface area is 123 Å². The number of hydrogen-bond acceptors (Lipinski definition) is 3. The molecule has 5 heteroatoms. The van der Waals surface area contributed by atoms with Crippen LogP contribution < -0.4 is 4.90 Å². The summed E-state index contributed by atoms with van der Waals surface area (Å²) in [5.74, 6) is -0.987. The van der Waals surface area contributed by atoms with Crippen LogP contribution in [0.1, 0.15) is 18.9 Å². The molecule has 2 rings (SSSR count). The van der Waals surface area contributed by atoms with E-state index < -0.39 is 5.97 Å². The lowest BCUT2D eigenvalue weighted by Crippen LogP contribution is -2.36. The molecule has 4 nitrogen and oxygen atoms in total. The van der Waals surface area contributed by atoms with E-state index in [4.69, 9.17) is 21.4 Å². The second kappa shape index (κ2) is 6.29. The molecule has 1 aromatic rings. The molecule has 0 radical (unpaired) electrons. The van der Waals surface area contributed by atoms with Gasteiger partial charge in [-0.25, -0.2) is 4.79 Å². The van der Waals surface area contributed by atoms with Gasteiger partial charge in [0.2, 0.25) is 0 Å². The van der Waals surface area contributed by atoms with Crippen molar-refractivity contribution in [2.24, 2.45) is 0 Å². The summed E-state index contributed by atoms with van der Waals surface area (Å²) in [5, 5.41) is 9.17. The van der Waals surface area contributed by atoms with Crippen LogP contribution in [-0.4, -0.2) is 36.9 Å². The van der Waals surface area contributed by atoms with Crippen molar-refractivity contribution < 1.29 is 14.6 Å². The first-order valence-electron chi connectivity index (χ1n) is 6.54. The second-order valence-corrected chi connectivity index (χ2v) is 5.33. The molecule has 0 aliphatic carbocycles. The smallest absolute Gasteiger partial charge is 0.328 e. The lowest BCUT2D eigenvalue weighted by atomic mass is 10.1. The van der Waals surface area contributed by atoms with E-state index in [9.17, 15) is 4.79 Å². The number of hydrogen-bond donors (Lipinski definition) is 1. The first-order valence-corrected chi connectivity index (χ1v) is 6.92. The molecule has 0 spiro atoms. The Kier molecular flexibility index (Phi) is 4.68. The van der Waals surface area contributed by atoms with Crippen LogP contribution in [0, 0.1) is 0 Å². The van der Waals surface area contributed by atoms with Gasteiger partial charge in [0.15, 0.2) is 0 Å². The number of rotatable bonds is 4. The van der Waals surface area contributed by atoms with Crippen LogP contribution in [0.3, 0.4) is 0 Å². The van der Waals surface area contributed by atoms with Gasteiger partial charge in [-0.3, -0.25) is 0 Å². The zero-order valence-electron chi connectivity index (χ0n) is 11.5. The summed E-state index contributed by atoms with van der Waals surface area (Å²) >= 11 is 6.20. The molecular formula is C15H18ClNO3. The van der Waals surface area contributed by atoms with Crippen molar-refractivity contribution in [3.05, 3.63) is 34.9 Å². The van der Waals surface area contributed by atoms with Crippen molar-refractivity contribution in [3.8, 4) is 0 Å². The van der Waals surface area contributed by atoms with Crippen molar-refractivity contribution in [2.45, 2.75) is 25.5 Å². The first kappa shape index (κ1) is 14.9. The second-order valence-electron chi connectivity index (χ2n) is 4.92. The molecule has 108 valence electrons. The molecule has 20 heavy (non-hydrogen) atoms. The average molecular weight is 296 g/mol. The number of ether oxygens (including phenoxy) is 1. The molecule has 1 fully saturated rings. The Morgan fingerprint density at radius 3 is 2.85 bits per heavy atom. The Hall–Kier alpha value is -1.52. The van der Waals surface area contributed by atoms with Crippen LogP contribution in [0.15, 0.2) is 24.3 Å². The molecule has 2 unspecified atom stereocenters. The molecule has 0 bridgehead atoms. The summed E-state index contributed by atoms with van der Waals surface area (Å²) in [7, 11) is 2.02. The SMILES string of the molecule is CC1OCCC1N(C)c1ccc(/C=C/C(=O)O)c(Cl)c1. The maximum absolute atomic E-state index is 10.5. The minimum absolute atomic E-state index is 0.199. The van der Waals surface area contributed by atoms with Gasteiger partial charge < -0.3 is 14.7 Å². The van der Waals surface area contributed by atoms with E-state index in [1.54, 1.807) is 0 Å². The summed E-state index contributed by atoms with van der Waals surface area (Å²) in [6.07, 6.45) is 3.77. The van der Waals surface area contributed by atoms with Gasteiger partial charge in [-0.15, -0.1) is 0 Å². The Morgan fingerprint density at radius 1 is 1.55 bits per heavy atom. The summed E-state index contributed by atoms with van der Waals surface area (Å²) < 4.78 is 5.58.